The van der Waals surface area contributed by atoms with Crippen LogP contribution in [0.4, 0.5) is 68.2 Å². The van der Waals surface area contributed by atoms with Crippen molar-refractivity contribution in [1.82, 2.24) is 4.57 Å². The monoisotopic (exact) mass is 1070 g/mol. The standard InChI is InChI=1S/C79H55N5/c1-7-24-56(25-8-1)80(57-26-9-2-10-27-57)62-42-46-64(47-43-62)82(60-32-15-5-16-33-60)66-50-52-68-69-53-51-67(83(61-34-17-6-18-35-61)65-48-44-63(45-49-65)81(58-28-11-3-12-29-58)59-30-13-4-14-31-59)55-75(69)79(74(68)54-66)72-38-20-22-41-77(72)84-76-40-21-19-36-70(76)71-37-23-39-73(79)78(71)84/h1-55H. The van der Waals surface area contributed by atoms with Crippen LogP contribution in [-0.2, 0) is 5.41 Å². The molecule has 13 aromatic carbocycles. The van der Waals surface area contributed by atoms with Gasteiger partial charge in [0.05, 0.1) is 22.1 Å². The van der Waals surface area contributed by atoms with Crippen LogP contribution in [0.25, 0.3) is 38.6 Å². The topological polar surface area (TPSA) is 17.9 Å². The highest BCUT2D eigenvalue weighted by Gasteiger charge is 2.51. The van der Waals surface area contributed by atoms with Crippen LogP contribution < -0.4 is 19.6 Å². The quantitative estimate of drug-likeness (QED) is 0.121. The molecule has 16 rings (SSSR count). The van der Waals surface area contributed by atoms with Gasteiger partial charge in [0.1, 0.15) is 0 Å². The molecule has 1 aliphatic carbocycles. The van der Waals surface area contributed by atoms with E-state index in [0.29, 0.717) is 0 Å². The minimum atomic E-state index is -0.743. The largest absolute Gasteiger partial charge is 0.311 e. The van der Waals surface area contributed by atoms with Crippen molar-refractivity contribution < 1.29 is 0 Å². The summed E-state index contributed by atoms with van der Waals surface area (Å²) in [7, 11) is 0. The number of hydrogen-bond acceptors (Lipinski definition) is 4. The smallest absolute Gasteiger partial charge is 0.0756 e. The van der Waals surface area contributed by atoms with E-state index in [1.165, 1.54) is 60.9 Å². The van der Waals surface area contributed by atoms with Crippen molar-refractivity contribution in [3.8, 4) is 16.8 Å². The molecular weight excluding hydrogens is 1020 g/mol. The molecule has 0 saturated carbocycles. The first kappa shape index (κ1) is 48.7. The molecule has 1 spiro atoms. The maximum absolute atomic E-state index is 2.53. The van der Waals surface area contributed by atoms with Crippen molar-refractivity contribution in [2.45, 2.75) is 5.41 Å². The molecule has 0 radical (unpaired) electrons. The molecule has 2 aliphatic rings. The summed E-state index contributed by atoms with van der Waals surface area (Å²) in [5.74, 6) is 0. The van der Waals surface area contributed by atoms with Gasteiger partial charge >= 0.3 is 0 Å². The second kappa shape index (κ2) is 20.1. The second-order valence-corrected chi connectivity index (χ2v) is 21.7. The first-order valence-electron chi connectivity index (χ1n) is 28.8. The lowest BCUT2D eigenvalue weighted by Gasteiger charge is -2.40. The number of aromatic nitrogens is 1. The molecule has 0 fully saturated rings. The minimum Gasteiger partial charge on any atom is -0.311 e. The van der Waals surface area contributed by atoms with Crippen LogP contribution in [0.5, 0.6) is 0 Å². The van der Waals surface area contributed by atoms with E-state index in [-0.39, 0.29) is 0 Å². The number of rotatable bonds is 12. The second-order valence-electron chi connectivity index (χ2n) is 21.7. The van der Waals surface area contributed by atoms with Crippen LogP contribution in [0.3, 0.4) is 0 Å². The van der Waals surface area contributed by atoms with E-state index in [1.54, 1.807) is 0 Å². The van der Waals surface area contributed by atoms with E-state index in [1.807, 2.05) is 0 Å². The Labute approximate surface area is 489 Å². The Hall–Kier alpha value is -11.1. The molecule has 14 aromatic rings. The first-order chi connectivity index (χ1) is 41.7. The highest BCUT2D eigenvalue weighted by molar-refractivity contribution is 6.13. The fraction of sp³-hybridized carbons (Fsp3) is 0.0127. The van der Waals surface area contributed by atoms with E-state index in [4.69, 9.17) is 0 Å². The van der Waals surface area contributed by atoms with Crippen molar-refractivity contribution in [3.63, 3.8) is 0 Å². The lowest BCUT2D eigenvalue weighted by Crippen LogP contribution is -2.33. The highest BCUT2D eigenvalue weighted by Crippen LogP contribution is 2.63. The Kier molecular flexibility index (Phi) is 11.7. The average molecular weight is 1070 g/mol. The third-order valence-corrected chi connectivity index (χ3v) is 17.1. The third-order valence-electron chi connectivity index (χ3n) is 17.1. The summed E-state index contributed by atoms with van der Waals surface area (Å²) < 4.78 is 2.53. The maximum atomic E-state index is 2.53. The number of hydrogen-bond donors (Lipinski definition) is 0. The SMILES string of the molecule is c1ccc(N(c2ccccc2)c2ccc(N(c3ccccc3)c3ccc4c(c3)C3(c5cc(N(c6ccccc6)c6ccc(N(c7ccccc7)c7ccccc7)cc6)ccc5-4)c4ccccc4-n4c5ccccc5c5cccc3c54)cc2)cc1. The van der Waals surface area contributed by atoms with Gasteiger partial charge in [0, 0.05) is 79.0 Å². The van der Waals surface area contributed by atoms with Crippen LogP contribution in [0.15, 0.2) is 334 Å². The molecule has 0 saturated heterocycles. The van der Waals surface area contributed by atoms with Crippen molar-refractivity contribution in [3.05, 3.63) is 356 Å². The number of nitrogens with zero attached hydrogens (tertiary/aromatic N) is 5. The fourth-order valence-electron chi connectivity index (χ4n) is 13.6. The Morgan fingerprint density at radius 2 is 0.512 bits per heavy atom. The van der Waals surface area contributed by atoms with Gasteiger partial charge in [-0.2, -0.15) is 0 Å². The van der Waals surface area contributed by atoms with E-state index >= 15 is 0 Å². The van der Waals surface area contributed by atoms with Gasteiger partial charge in [-0.1, -0.05) is 176 Å². The van der Waals surface area contributed by atoms with Gasteiger partial charge in [0.15, 0.2) is 0 Å². The Morgan fingerprint density at radius 1 is 0.214 bits per heavy atom. The van der Waals surface area contributed by atoms with Gasteiger partial charge in [0.25, 0.3) is 0 Å². The molecular formula is C79H55N5. The third kappa shape index (κ3) is 7.78. The molecule has 0 N–H and O–H groups in total. The van der Waals surface area contributed by atoms with Gasteiger partial charge in [-0.15, -0.1) is 0 Å². The Bertz CT molecular complexity index is 4400. The maximum Gasteiger partial charge on any atom is 0.0756 e. The van der Waals surface area contributed by atoms with Crippen LogP contribution in [0.1, 0.15) is 22.3 Å². The van der Waals surface area contributed by atoms with Gasteiger partial charge in [0.2, 0.25) is 0 Å². The molecule has 1 aliphatic heterocycles. The summed E-state index contributed by atoms with van der Waals surface area (Å²) in [6.45, 7) is 0. The fourth-order valence-corrected chi connectivity index (χ4v) is 13.6. The number of para-hydroxylation sites is 9. The minimum absolute atomic E-state index is 0.743. The summed E-state index contributed by atoms with van der Waals surface area (Å²) in [5, 5.41) is 2.49. The molecule has 5 heteroatoms. The number of benzene rings is 13. The molecule has 84 heavy (non-hydrogen) atoms. The summed E-state index contributed by atoms with van der Waals surface area (Å²) in [5.41, 5.74) is 23.3. The van der Waals surface area contributed by atoms with Gasteiger partial charge < -0.3 is 24.2 Å². The Morgan fingerprint density at radius 3 is 0.917 bits per heavy atom. The lowest BCUT2D eigenvalue weighted by atomic mass is 9.65. The van der Waals surface area contributed by atoms with E-state index in [2.05, 4.69) is 358 Å². The average Bonchev–Trinajstić information content (AvgIpc) is 1.53. The molecule has 0 unspecified atom stereocenters. The predicted molar refractivity (Wildman–Crippen MR) is 350 cm³/mol. The molecule has 1 aromatic heterocycles. The van der Waals surface area contributed by atoms with Crippen LogP contribution in [0, 0.1) is 0 Å². The normalized spacial score (nSPS) is 12.4. The molecule has 2 heterocycles. The molecule has 0 bridgehead atoms. The zero-order chi connectivity index (χ0) is 55.6. The number of anilines is 12. The summed E-state index contributed by atoms with van der Waals surface area (Å²) in [6.07, 6.45) is 0. The molecule has 5 nitrogen and oxygen atoms in total. The summed E-state index contributed by atoms with van der Waals surface area (Å²) in [4.78, 5) is 9.49. The number of fused-ring (bicyclic) bond motifs is 12. The molecule has 0 atom stereocenters. The van der Waals surface area contributed by atoms with Gasteiger partial charge in [-0.3, -0.25) is 0 Å². The zero-order valence-corrected chi connectivity index (χ0v) is 46.0. The van der Waals surface area contributed by atoms with E-state index in [9.17, 15) is 0 Å². The van der Waals surface area contributed by atoms with Crippen LogP contribution in [-0.4, -0.2) is 4.57 Å². The van der Waals surface area contributed by atoms with Crippen molar-refractivity contribution in [2.24, 2.45) is 0 Å². The summed E-state index contributed by atoms with van der Waals surface area (Å²) in [6, 6.07) is 122. The van der Waals surface area contributed by atoms with Gasteiger partial charge in [-0.25, -0.2) is 0 Å². The summed E-state index contributed by atoms with van der Waals surface area (Å²) >= 11 is 0. The predicted octanol–water partition coefficient (Wildman–Crippen LogP) is 21.3. The highest BCUT2D eigenvalue weighted by atomic mass is 15.2. The molecule has 0 amide bonds. The van der Waals surface area contributed by atoms with Gasteiger partial charge in [-0.05, 0) is 191 Å². The van der Waals surface area contributed by atoms with Crippen LogP contribution >= 0.6 is 0 Å². The van der Waals surface area contributed by atoms with Crippen LogP contribution in [0.2, 0.25) is 0 Å². The van der Waals surface area contributed by atoms with Crippen molar-refractivity contribution in [1.29, 1.82) is 0 Å². The Balaban J connectivity index is 0.903. The first-order valence-corrected chi connectivity index (χ1v) is 28.8. The van der Waals surface area contributed by atoms with E-state index in [0.717, 1.165) is 68.2 Å². The molecule has 396 valence electrons. The van der Waals surface area contributed by atoms with E-state index < -0.39 is 5.41 Å². The lowest BCUT2D eigenvalue weighted by molar-refractivity contribution is 0.748. The van der Waals surface area contributed by atoms with Crippen molar-refractivity contribution in [2.75, 3.05) is 19.6 Å². The zero-order valence-electron chi connectivity index (χ0n) is 46.0. The van der Waals surface area contributed by atoms with Crippen molar-refractivity contribution >= 4 is 90.1 Å².